The molecule has 1 aromatic carbocycles. The van der Waals surface area contributed by atoms with Crippen LogP contribution in [0.3, 0.4) is 0 Å². The molecule has 37 heavy (non-hydrogen) atoms. The largest absolute Gasteiger partial charge is 0.469 e. The third-order valence-corrected chi connectivity index (χ3v) is 11.9. The van der Waals surface area contributed by atoms with Crippen LogP contribution in [0.2, 0.25) is 0 Å². The van der Waals surface area contributed by atoms with Gasteiger partial charge in [0.2, 0.25) is 0 Å². The van der Waals surface area contributed by atoms with E-state index in [9.17, 15) is 4.79 Å². The lowest BCUT2D eigenvalue weighted by Gasteiger charge is -2.62. The molecule has 4 unspecified atom stereocenters. The van der Waals surface area contributed by atoms with E-state index in [1.54, 1.807) is 0 Å². The molecule has 200 valence electrons. The highest BCUT2D eigenvalue weighted by Crippen LogP contribution is 2.69. The molecule has 0 bridgehead atoms. The standard InChI is InChI=1S/C31H43N3O3/c1-19(12-17-26(35)37-4)22-15-16-23-21-14-13-20-9-7-8-18-30(20,2)27(21)28(29(36)31(22,23)3)34-25-11-6-5-10-24(25)32-33-34/h5-6,10-11,19-23,27-28H,7-9,12-18H2,1-4H3/t19-,20+,21?,22?,23?,27?,28+,30+,31-/m1/s1. The van der Waals surface area contributed by atoms with Gasteiger partial charge in [-0.2, -0.15) is 0 Å². The number of nitrogens with zero attached hydrogens (tertiary/aromatic N) is 3. The van der Waals surface area contributed by atoms with Gasteiger partial charge in [-0.05, 0) is 98.0 Å². The van der Waals surface area contributed by atoms with Gasteiger partial charge in [0, 0.05) is 11.8 Å². The molecule has 6 heteroatoms. The fraction of sp³-hybridized carbons (Fsp3) is 0.742. The Morgan fingerprint density at radius 1 is 1.14 bits per heavy atom. The maximum Gasteiger partial charge on any atom is 0.305 e. The van der Waals surface area contributed by atoms with Crippen LogP contribution >= 0.6 is 0 Å². The summed E-state index contributed by atoms with van der Waals surface area (Å²) in [5.41, 5.74) is 1.63. The Hall–Kier alpha value is -2.24. The van der Waals surface area contributed by atoms with Gasteiger partial charge in [-0.15, -0.1) is 5.10 Å². The second-order valence-electron chi connectivity index (χ2n) is 13.2. The highest BCUT2D eigenvalue weighted by atomic mass is 16.5. The Balaban J connectivity index is 1.45. The maximum atomic E-state index is 15.1. The van der Waals surface area contributed by atoms with Crippen LogP contribution in [0.15, 0.2) is 24.3 Å². The second-order valence-corrected chi connectivity index (χ2v) is 13.2. The summed E-state index contributed by atoms with van der Waals surface area (Å²) in [5.74, 6) is 2.77. The fourth-order valence-corrected chi connectivity index (χ4v) is 10.1. The Bertz CT molecular complexity index is 1190. The molecule has 4 aliphatic carbocycles. The summed E-state index contributed by atoms with van der Waals surface area (Å²) in [4.78, 5) is 27.0. The summed E-state index contributed by atoms with van der Waals surface area (Å²) in [7, 11) is 1.46. The molecule has 0 amide bonds. The van der Waals surface area contributed by atoms with Gasteiger partial charge in [0.1, 0.15) is 11.6 Å². The molecule has 4 saturated carbocycles. The smallest absolute Gasteiger partial charge is 0.305 e. The molecule has 1 heterocycles. The van der Waals surface area contributed by atoms with Gasteiger partial charge in [0.05, 0.1) is 12.6 Å². The van der Waals surface area contributed by atoms with Gasteiger partial charge in [-0.25, -0.2) is 4.68 Å². The molecule has 9 atom stereocenters. The summed E-state index contributed by atoms with van der Waals surface area (Å²) in [6, 6.07) is 7.86. The van der Waals surface area contributed by atoms with Crippen molar-refractivity contribution in [2.45, 2.75) is 91.0 Å². The van der Waals surface area contributed by atoms with E-state index in [1.807, 2.05) is 22.9 Å². The van der Waals surface area contributed by atoms with Gasteiger partial charge in [0.25, 0.3) is 0 Å². The number of rotatable bonds is 5. The van der Waals surface area contributed by atoms with Crippen LogP contribution in [0.1, 0.15) is 91.0 Å². The van der Waals surface area contributed by atoms with Crippen molar-refractivity contribution in [3.05, 3.63) is 24.3 Å². The first-order valence-corrected chi connectivity index (χ1v) is 14.7. The predicted molar refractivity (Wildman–Crippen MR) is 143 cm³/mol. The van der Waals surface area contributed by atoms with E-state index in [0.29, 0.717) is 41.8 Å². The second kappa shape index (κ2) is 9.20. The number of carbonyl (C=O) groups is 2. The highest BCUT2D eigenvalue weighted by molar-refractivity contribution is 5.92. The van der Waals surface area contributed by atoms with Crippen molar-refractivity contribution in [2.24, 2.45) is 46.3 Å². The third-order valence-electron chi connectivity index (χ3n) is 11.9. The molecule has 0 radical (unpaired) electrons. The van der Waals surface area contributed by atoms with Crippen molar-refractivity contribution in [3.63, 3.8) is 0 Å². The van der Waals surface area contributed by atoms with Crippen LogP contribution in [0, 0.1) is 46.3 Å². The van der Waals surface area contributed by atoms with E-state index < -0.39 is 5.41 Å². The van der Waals surface area contributed by atoms with E-state index in [4.69, 9.17) is 9.95 Å². The number of fused-ring (bicyclic) bond motifs is 6. The fourth-order valence-electron chi connectivity index (χ4n) is 10.1. The van der Waals surface area contributed by atoms with Crippen LogP contribution in [-0.4, -0.2) is 33.9 Å². The number of aromatic nitrogens is 3. The Labute approximate surface area is 220 Å². The lowest BCUT2D eigenvalue weighted by atomic mass is 9.43. The summed E-state index contributed by atoms with van der Waals surface area (Å²) < 4.78 is 6.97. The van der Waals surface area contributed by atoms with Crippen molar-refractivity contribution in [1.29, 1.82) is 0 Å². The van der Waals surface area contributed by atoms with Crippen LogP contribution in [0.5, 0.6) is 0 Å². The number of para-hydroxylation sites is 1. The number of Topliss-reactive ketones (excluding diaryl/α,β-unsaturated/α-hetero) is 1. The van der Waals surface area contributed by atoms with Crippen molar-refractivity contribution >= 4 is 22.8 Å². The third kappa shape index (κ3) is 3.64. The quantitative estimate of drug-likeness (QED) is 0.440. The minimum Gasteiger partial charge on any atom is -0.469 e. The molecule has 0 spiro atoms. The Morgan fingerprint density at radius 2 is 1.95 bits per heavy atom. The SMILES string of the molecule is COC(=O)CC[C@@H](C)C1CCC2C3CC[C@@H]4CCCC[C@]4(C)C3[C@H](n3nnc4ccccc43)C(=O)[C@@]21C. The average molecular weight is 506 g/mol. The zero-order valence-electron chi connectivity index (χ0n) is 23.0. The number of carbonyl (C=O) groups excluding carboxylic acids is 2. The van der Waals surface area contributed by atoms with Gasteiger partial charge in [-0.3, -0.25) is 9.59 Å². The van der Waals surface area contributed by atoms with Crippen LogP contribution in [0.4, 0.5) is 0 Å². The molecule has 0 saturated heterocycles. The lowest BCUT2D eigenvalue weighted by molar-refractivity contribution is -0.169. The molecule has 6 rings (SSSR count). The molecule has 6 nitrogen and oxygen atoms in total. The van der Waals surface area contributed by atoms with E-state index in [1.165, 1.54) is 45.6 Å². The number of hydrogen-bond acceptors (Lipinski definition) is 5. The first kappa shape index (κ1) is 25.1. The summed E-state index contributed by atoms with van der Waals surface area (Å²) in [6.07, 6.45) is 11.0. The van der Waals surface area contributed by atoms with Crippen molar-refractivity contribution in [2.75, 3.05) is 7.11 Å². The van der Waals surface area contributed by atoms with E-state index in [2.05, 4.69) is 31.9 Å². The van der Waals surface area contributed by atoms with Gasteiger partial charge >= 0.3 is 5.97 Å². The van der Waals surface area contributed by atoms with Crippen LogP contribution in [0.25, 0.3) is 11.0 Å². The number of methoxy groups -OCH3 is 1. The molecule has 0 N–H and O–H groups in total. The molecule has 1 aromatic heterocycles. The number of ether oxygens (including phenoxy) is 1. The zero-order chi connectivity index (χ0) is 25.9. The Morgan fingerprint density at radius 3 is 2.76 bits per heavy atom. The Kier molecular flexibility index (Phi) is 6.23. The topological polar surface area (TPSA) is 74.1 Å². The molecule has 0 aliphatic heterocycles. The lowest BCUT2D eigenvalue weighted by Crippen LogP contribution is -2.61. The molecular weight excluding hydrogens is 462 g/mol. The van der Waals surface area contributed by atoms with Crippen molar-refractivity contribution < 1.29 is 14.3 Å². The van der Waals surface area contributed by atoms with Gasteiger partial charge in [0.15, 0.2) is 5.78 Å². The zero-order valence-corrected chi connectivity index (χ0v) is 23.0. The van der Waals surface area contributed by atoms with Crippen LogP contribution in [-0.2, 0) is 14.3 Å². The first-order chi connectivity index (χ1) is 17.8. The van der Waals surface area contributed by atoms with Crippen LogP contribution < -0.4 is 0 Å². The van der Waals surface area contributed by atoms with Gasteiger partial charge < -0.3 is 4.74 Å². The van der Waals surface area contributed by atoms with E-state index >= 15 is 4.79 Å². The van der Waals surface area contributed by atoms with E-state index in [-0.39, 0.29) is 23.3 Å². The summed E-state index contributed by atoms with van der Waals surface area (Å²) in [5, 5.41) is 9.22. The molecule has 2 aromatic rings. The normalized spacial score (nSPS) is 40.1. The predicted octanol–water partition coefficient (Wildman–Crippen LogP) is 6.40. The number of benzene rings is 1. The number of esters is 1. The summed E-state index contributed by atoms with van der Waals surface area (Å²) >= 11 is 0. The number of ketones is 1. The molecule has 4 aliphatic rings. The number of hydrogen-bond donors (Lipinski definition) is 0. The first-order valence-electron chi connectivity index (χ1n) is 14.7. The van der Waals surface area contributed by atoms with E-state index in [0.717, 1.165) is 30.3 Å². The van der Waals surface area contributed by atoms with Crippen molar-refractivity contribution in [3.8, 4) is 0 Å². The highest BCUT2D eigenvalue weighted by Gasteiger charge is 2.67. The monoisotopic (exact) mass is 505 g/mol. The van der Waals surface area contributed by atoms with Crippen molar-refractivity contribution in [1.82, 2.24) is 15.0 Å². The van der Waals surface area contributed by atoms with Gasteiger partial charge in [-0.1, -0.05) is 51.0 Å². The minimum absolute atomic E-state index is 0.155. The molecule has 4 fully saturated rings. The maximum absolute atomic E-state index is 15.1. The minimum atomic E-state index is -0.397. The molecular formula is C31H43N3O3. The average Bonchev–Trinajstić information content (AvgIpc) is 3.49. The summed E-state index contributed by atoms with van der Waals surface area (Å²) in [6.45, 7) is 7.05.